The third kappa shape index (κ3) is 6.71. The van der Waals surface area contributed by atoms with Gasteiger partial charge >= 0.3 is 5.97 Å². The number of imidazole rings is 1. The molecule has 0 unspecified atom stereocenters. The predicted octanol–water partition coefficient (Wildman–Crippen LogP) is 7.91. The second kappa shape index (κ2) is 11.7. The second-order valence-electron chi connectivity index (χ2n) is 12.3. The van der Waals surface area contributed by atoms with Gasteiger partial charge in [-0.15, -0.1) is 11.8 Å². The average Bonchev–Trinajstić information content (AvgIpc) is 3.49. The number of carboxylic acids is 1. The molecule has 0 aliphatic heterocycles. The number of nitrogens with one attached hydrogen (secondary N) is 1. The maximum atomic E-state index is 12.3. The molecule has 0 atom stereocenters. The Morgan fingerprint density at radius 1 is 1.02 bits per heavy atom. The van der Waals surface area contributed by atoms with Crippen molar-refractivity contribution in [2.24, 2.45) is 5.41 Å². The molecule has 0 aliphatic carbocycles. The van der Waals surface area contributed by atoms with Gasteiger partial charge in [-0.3, -0.25) is 9.78 Å². The molecule has 0 aliphatic rings. The monoisotopic (exact) mass is 582 g/mol. The zero-order chi connectivity index (χ0) is 30.1. The van der Waals surface area contributed by atoms with Crippen LogP contribution in [0.15, 0.2) is 78.0 Å². The molecule has 0 spiro atoms. The number of carbonyl (C=O) groups is 1. The molecule has 3 heterocycles. The van der Waals surface area contributed by atoms with Gasteiger partial charge in [0.25, 0.3) is 0 Å². The number of carboxylic acid groups (broad SMARTS) is 1. The first-order valence-corrected chi connectivity index (χ1v) is 14.9. The Hall–Kier alpha value is -4.04. The van der Waals surface area contributed by atoms with Gasteiger partial charge in [0.05, 0.1) is 23.0 Å². The van der Waals surface area contributed by atoms with E-state index in [0.29, 0.717) is 19.6 Å². The maximum Gasteiger partial charge on any atom is 0.309 e. The van der Waals surface area contributed by atoms with Crippen LogP contribution in [0.25, 0.3) is 22.2 Å². The Kier molecular flexibility index (Phi) is 8.19. The molecule has 2 aromatic carbocycles. The van der Waals surface area contributed by atoms with Crippen molar-refractivity contribution < 1.29 is 14.6 Å². The summed E-state index contributed by atoms with van der Waals surface area (Å²) in [6, 6.07) is 20.4. The summed E-state index contributed by atoms with van der Waals surface area (Å²) in [5, 5.41) is 11.2. The van der Waals surface area contributed by atoms with Gasteiger partial charge in [0.1, 0.15) is 18.2 Å². The summed E-state index contributed by atoms with van der Waals surface area (Å²) in [6.45, 7) is 13.1. The summed E-state index contributed by atoms with van der Waals surface area (Å²) >= 11 is 1.77. The smallest absolute Gasteiger partial charge is 0.309 e. The summed E-state index contributed by atoms with van der Waals surface area (Å²) in [5.74, 6) is 0.819. The lowest BCUT2D eigenvalue weighted by Gasteiger charge is -2.24. The van der Waals surface area contributed by atoms with Gasteiger partial charge in [0.15, 0.2) is 0 Å². The Labute approximate surface area is 251 Å². The molecule has 0 bridgehead atoms. The Morgan fingerprint density at radius 2 is 1.79 bits per heavy atom. The molecule has 5 aromatic rings. The Balaban J connectivity index is 1.59. The van der Waals surface area contributed by atoms with Crippen molar-refractivity contribution in [2.75, 3.05) is 0 Å². The average molecular weight is 583 g/mol. The van der Waals surface area contributed by atoms with Gasteiger partial charge in [0, 0.05) is 45.4 Å². The van der Waals surface area contributed by atoms with Crippen LogP contribution in [-0.4, -0.2) is 35.3 Å². The van der Waals surface area contributed by atoms with E-state index < -0.39 is 11.4 Å². The molecule has 2 N–H and O–H groups in total. The number of benzene rings is 2. The highest BCUT2D eigenvalue weighted by Gasteiger charge is 2.33. The number of aromatic amines is 1. The van der Waals surface area contributed by atoms with Crippen LogP contribution in [0, 0.1) is 12.3 Å². The summed E-state index contributed by atoms with van der Waals surface area (Å²) in [6.07, 6.45) is 4.00. The first kappa shape index (κ1) is 29.5. The van der Waals surface area contributed by atoms with E-state index in [-0.39, 0.29) is 4.75 Å². The summed E-state index contributed by atoms with van der Waals surface area (Å²) in [7, 11) is 0. The second-order valence-corrected chi connectivity index (χ2v) is 14.1. The zero-order valence-corrected chi connectivity index (χ0v) is 25.9. The van der Waals surface area contributed by atoms with E-state index in [0.717, 1.165) is 55.6 Å². The Bertz CT molecular complexity index is 1700. The van der Waals surface area contributed by atoms with Crippen LogP contribution >= 0.6 is 11.8 Å². The van der Waals surface area contributed by atoms with Gasteiger partial charge in [0.2, 0.25) is 0 Å². The maximum absolute atomic E-state index is 12.3. The van der Waals surface area contributed by atoms with Crippen molar-refractivity contribution in [3.8, 4) is 17.0 Å². The number of hydrogen-bond acceptors (Lipinski definition) is 5. The number of rotatable bonds is 10. The van der Waals surface area contributed by atoms with Crippen LogP contribution < -0.4 is 4.74 Å². The van der Waals surface area contributed by atoms with Crippen molar-refractivity contribution in [1.82, 2.24) is 19.5 Å². The van der Waals surface area contributed by atoms with Crippen LogP contribution in [0.3, 0.4) is 0 Å². The van der Waals surface area contributed by atoms with Crippen LogP contribution in [0.4, 0.5) is 0 Å². The van der Waals surface area contributed by atoms with E-state index >= 15 is 0 Å². The molecule has 5 rings (SSSR count). The highest BCUT2D eigenvalue weighted by molar-refractivity contribution is 8.00. The number of aliphatic carboxylic acids is 1. The Morgan fingerprint density at radius 3 is 2.40 bits per heavy atom. The molecule has 0 amide bonds. The lowest BCUT2D eigenvalue weighted by molar-refractivity contribution is -0.146. The third-order valence-electron chi connectivity index (χ3n) is 7.11. The molecule has 3 aromatic heterocycles. The minimum atomic E-state index is -0.944. The molecule has 218 valence electrons. The summed E-state index contributed by atoms with van der Waals surface area (Å²) < 4.78 is 8.36. The van der Waals surface area contributed by atoms with Crippen molar-refractivity contribution in [3.05, 3.63) is 95.8 Å². The number of aromatic nitrogens is 4. The molecule has 0 radical (unpaired) electrons. The number of nitrogens with zero attached hydrogens (tertiary/aromatic N) is 3. The van der Waals surface area contributed by atoms with Crippen molar-refractivity contribution in [2.45, 2.75) is 70.8 Å². The van der Waals surface area contributed by atoms with E-state index in [4.69, 9.17) is 4.74 Å². The van der Waals surface area contributed by atoms with Crippen LogP contribution in [0.5, 0.6) is 5.75 Å². The van der Waals surface area contributed by atoms with Crippen molar-refractivity contribution >= 4 is 28.6 Å². The topological polar surface area (TPSA) is 93.0 Å². The highest BCUT2D eigenvalue weighted by atomic mass is 32.2. The quantitative estimate of drug-likeness (QED) is 0.163. The molecular weight excluding hydrogens is 544 g/mol. The number of hydrogen-bond donors (Lipinski definition) is 2. The van der Waals surface area contributed by atoms with Gasteiger partial charge in [-0.1, -0.05) is 51.1 Å². The number of pyridine rings is 1. The first-order chi connectivity index (χ1) is 19.9. The molecule has 8 heteroatoms. The van der Waals surface area contributed by atoms with Crippen LogP contribution in [0.1, 0.15) is 57.4 Å². The fourth-order valence-corrected chi connectivity index (χ4v) is 6.08. The van der Waals surface area contributed by atoms with E-state index in [9.17, 15) is 9.90 Å². The minimum absolute atomic E-state index is 0.0874. The SMILES string of the molecule is Cc1ncc(-c2ccc(Cn3c(CC(C)(C)C(=O)O)c(SC(C)(C)C)c4cc(OCc5ccccn5)ccc43)cc2)[nH]1. The first-order valence-electron chi connectivity index (χ1n) is 14.1. The lowest BCUT2D eigenvalue weighted by Crippen LogP contribution is -2.28. The van der Waals surface area contributed by atoms with Crippen LogP contribution in [-0.2, 0) is 24.4 Å². The number of thioether (sulfide) groups is 1. The summed E-state index contributed by atoms with van der Waals surface area (Å²) in [5.41, 5.74) is 5.17. The molecule has 0 saturated heterocycles. The number of fused-ring (bicyclic) bond motifs is 1. The predicted molar refractivity (Wildman–Crippen MR) is 169 cm³/mol. The fraction of sp³-hybridized carbons (Fsp3) is 0.324. The molecular formula is C34H38N4O3S. The standard InChI is InChI=1S/C34H38N4O3S/c1-22-36-19-28(37-22)24-12-10-23(11-13-24)20-38-29-15-14-26(41-21-25-9-7-8-16-35-25)17-27(29)31(42-33(2,3)4)30(38)18-34(5,6)32(39)40/h7-17,19H,18,20-21H2,1-6H3,(H,36,37)(H,39,40). The molecule has 0 saturated carbocycles. The lowest BCUT2D eigenvalue weighted by atomic mass is 9.88. The van der Waals surface area contributed by atoms with E-state index in [2.05, 4.69) is 76.7 Å². The third-order valence-corrected chi connectivity index (χ3v) is 8.38. The molecule has 42 heavy (non-hydrogen) atoms. The van der Waals surface area contributed by atoms with E-state index in [1.165, 1.54) is 0 Å². The van der Waals surface area contributed by atoms with E-state index in [1.54, 1.807) is 31.8 Å². The zero-order valence-electron chi connectivity index (χ0n) is 25.1. The number of ether oxygens (including phenoxy) is 1. The van der Waals surface area contributed by atoms with E-state index in [1.807, 2.05) is 37.4 Å². The summed E-state index contributed by atoms with van der Waals surface area (Å²) in [4.78, 5) is 25.4. The molecule has 7 nitrogen and oxygen atoms in total. The van der Waals surface area contributed by atoms with Crippen molar-refractivity contribution in [1.29, 1.82) is 0 Å². The normalized spacial score (nSPS) is 12.1. The largest absolute Gasteiger partial charge is 0.487 e. The minimum Gasteiger partial charge on any atom is -0.487 e. The number of H-pyrrole nitrogens is 1. The van der Waals surface area contributed by atoms with Gasteiger partial charge in [-0.2, -0.15) is 0 Å². The van der Waals surface area contributed by atoms with Crippen molar-refractivity contribution in [3.63, 3.8) is 0 Å². The van der Waals surface area contributed by atoms with Gasteiger partial charge < -0.3 is 19.4 Å². The van der Waals surface area contributed by atoms with Gasteiger partial charge in [-0.25, -0.2) is 4.98 Å². The number of aryl methyl sites for hydroxylation is 1. The van der Waals surface area contributed by atoms with Gasteiger partial charge in [-0.05, 0) is 62.2 Å². The highest BCUT2D eigenvalue weighted by Crippen LogP contribution is 2.44. The fourth-order valence-electron chi connectivity index (χ4n) is 4.90. The molecule has 0 fully saturated rings. The van der Waals surface area contributed by atoms with Crippen LogP contribution in [0.2, 0.25) is 0 Å².